The van der Waals surface area contributed by atoms with Crippen molar-refractivity contribution < 1.29 is 14.3 Å². The third-order valence-electron chi connectivity index (χ3n) is 4.98. The van der Waals surface area contributed by atoms with Crippen molar-refractivity contribution in [1.29, 1.82) is 0 Å². The molecule has 0 radical (unpaired) electrons. The van der Waals surface area contributed by atoms with Crippen LogP contribution in [0.2, 0.25) is 0 Å². The highest BCUT2D eigenvalue weighted by Crippen LogP contribution is 2.22. The van der Waals surface area contributed by atoms with Gasteiger partial charge in [-0.3, -0.25) is 4.79 Å². The molecule has 1 aliphatic rings. The topological polar surface area (TPSA) is 38.8 Å². The normalized spacial score (nSPS) is 14.9. The van der Waals surface area contributed by atoms with Gasteiger partial charge in [0.15, 0.2) is 0 Å². The maximum atomic E-state index is 12.4. The quantitative estimate of drug-likeness (QED) is 0.757. The minimum Gasteiger partial charge on any atom is -0.497 e. The Morgan fingerprint density at radius 2 is 1.65 bits per heavy atom. The van der Waals surface area contributed by atoms with E-state index in [-0.39, 0.29) is 5.91 Å². The molecule has 1 aliphatic heterocycles. The van der Waals surface area contributed by atoms with E-state index in [1.165, 1.54) is 5.56 Å². The number of hydrogen-bond acceptors (Lipinski definition) is 3. The first-order valence-corrected chi connectivity index (χ1v) is 9.33. The number of nitrogens with zero attached hydrogens (tertiary/aromatic N) is 1. The van der Waals surface area contributed by atoms with Gasteiger partial charge in [0.1, 0.15) is 11.5 Å². The van der Waals surface area contributed by atoms with Gasteiger partial charge >= 0.3 is 0 Å². The Hall–Kier alpha value is -2.49. The second-order valence-electron chi connectivity index (χ2n) is 6.79. The van der Waals surface area contributed by atoms with Crippen LogP contribution in [0.5, 0.6) is 11.5 Å². The number of amides is 1. The molecular weight excluding hydrogens is 326 g/mol. The molecule has 0 atom stereocenters. The van der Waals surface area contributed by atoms with Gasteiger partial charge in [0, 0.05) is 13.1 Å². The van der Waals surface area contributed by atoms with Crippen molar-refractivity contribution in [2.45, 2.75) is 25.7 Å². The maximum absolute atomic E-state index is 12.4. The highest BCUT2D eigenvalue weighted by Gasteiger charge is 2.22. The summed E-state index contributed by atoms with van der Waals surface area (Å²) in [7, 11) is 1.64. The molecular formula is C22H27NO3. The Kier molecular flexibility index (Phi) is 6.53. The first-order valence-electron chi connectivity index (χ1n) is 9.33. The molecule has 0 unspecified atom stereocenters. The molecule has 2 aromatic carbocycles. The molecule has 2 aromatic rings. The summed E-state index contributed by atoms with van der Waals surface area (Å²) in [5, 5.41) is 0. The van der Waals surface area contributed by atoms with Crippen molar-refractivity contribution in [2.75, 3.05) is 26.8 Å². The summed E-state index contributed by atoms with van der Waals surface area (Å²) in [5.41, 5.74) is 1.39. The number of carbonyl (C=O) groups is 1. The first kappa shape index (κ1) is 18.3. The average molecular weight is 353 g/mol. The number of hydrogen-bond donors (Lipinski definition) is 0. The molecule has 1 amide bonds. The molecule has 0 aliphatic carbocycles. The fourth-order valence-electron chi connectivity index (χ4n) is 3.42. The highest BCUT2D eigenvalue weighted by molar-refractivity contribution is 5.76. The van der Waals surface area contributed by atoms with Crippen LogP contribution in [-0.2, 0) is 11.2 Å². The van der Waals surface area contributed by atoms with Gasteiger partial charge in [-0.05, 0) is 55.0 Å². The fraction of sp³-hybridized carbons (Fsp3) is 0.409. The second kappa shape index (κ2) is 9.27. The Balaban J connectivity index is 1.36. The number of ether oxygens (including phenoxy) is 2. The van der Waals surface area contributed by atoms with Gasteiger partial charge in [0.2, 0.25) is 5.91 Å². The number of methoxy groups -OCH3 is 1. The maximum Gasteiger partial charge on any atom is 0.225 e. The van der Waals surface area contributed by atoms with Crippen LogP contribution in [0.25, 0.3) is 0 Å². The van der Waals surface area contributed by atoms with Crippen molar-refractivity contribution in [1.82, 2.24) is 4.90 Å². The molecule has 3 rings (SSSR count). The molecule has 1 heterocycles. The van der Waals surface area contributed by atoms with Gasteiger partial charge in [-0.15, -0.1) is 0 Å². The largest absolute Gasteiger partial charge is 0.497 e. The summed E-state index contributed by atoms with van der Waals surface area (Å²) in [4.78, 5) is 14.4. The van der Waals surface area contributed by atoms with Gasteiger partial charge in [0.25, 0.3) is 0 Å². The zero-order valence-electron chi connectivity index (χ0n) is 15.4. The predicted molar refractivity (Wildman–Crippen MR) is 103 cm³/mol. The van der Waals surface area contributed by atoms with E-state index in [1.54, 1.807) is 7.11 Å². The average Bonchev–Trinajstić information content (AvgIpc) is 2.70. The van der Waals surface area contributed by atoms with Crippen LogP contribution >= 0.6 is 0 Å². The molecule has 0 saturated carbocycles. The molecule has 0 N–H and O–H groups in total. The van der Waals surface area contributed by atoms with E-state index in [2.05, 4.69) is 30.3 Å². The number of benzene rings is 2. The van der Waals surface area contributed by atoms with Crippen LogP contribution < -0.4 is 9.47 Å². The zero-order valence-corrected chi connectivity index (χ0v) is 15.4. The number of piperidine rings is 1. The Morgan fingerprint density at radius 3 is 2.31 bits per heavy atom. The van der Waals surface area contributed by atoms with Crippen LogP contribution in [0.15, 0.2) is 54.6 Å². The van der Waals surface area contributed by atoms with E-state index >= 15 is 0 Å². The lowest BCUT2D eigenvalue weighted by atomic mass is 9.90. The summed E-state index contributed by atoms with van der Waals surface area (Å²) in [5.74, 6) is 2.43. The van der Waals surface area contributed by atoms with Gasteiger partial charge in [-0.2, -0.15) is 0 Å². The van der Waals surface area contributed by atoms with Crippen molar-refractivity contribution in [2.24, 2.45) is 5.92 Å². The second-order valence-corrected chi connectivity index (χ2v) is 6.79. The van der Waals surface area contributed by atoms with E-state index < -0.39 is 0 Å². The molecule has 4 nitrogen and oxygen atoms in total. The molecule has 0 bridgehead atoms. The summed E-state index contributed by atoms with van der Waals surface area (Å²) >= 11 is 0. The van der Waals surface area contributed by atoms with Crippen molar-refractivity contribution >= 4 is 5.91 Å². The molecule has 0 aromatic heterocycles. The van der Waals surface area contributed by atoms with E-state index in [0.717, 1.165) is 43.9 Å². The smallest absolute Gasteiger partial charge is 0.225 e. The molecule has 26 heavy (non-hydrogen) atoms. The van der Waals surface area contributed by atoms with E-state index in [0.29, 0.717) is 18.9 Å². The summed E-state index contributed by atoms with van der Waals surface area (Å²) in [6, 6.07) is 18.1. The molecule has 0 spiro atoms. The van der Waals surface area contributed by atoms with Crippen molar-refractivity contribution in [3.8, 4) is 11.5 Å². The summed E-state index contributed by atoms with van der Waals surface area (Å²) in [6.07, 6.45) is 3.71. The monoisotopic (exact) mass is 353 g/mol. The number of likely N-dealkylation sites (tertiary alicyclic amines) is 1. The Bertz CT molecular complexity index is 676. The zero-order chi connectivity index (χ0) is 18.2. The lowest BCUT2D eigenvalue weighted by molar-refractivity contribution is -0.133. The van der Waals surface area contributed by atoms with Gasteiger partial charge < -0.3 is 14.4 Å². The number of rotatable bonds is 7. The van der Waals surface area contributed by atoms with Gasteiger partial charge in [-0.25, -0.2) is 0 Å². The Morgan fingerprint density at radius 1 is 1.00 bits per heavy atom. The van der Waals surface area contributed by atoms with Gasteiger partial charge in [0.05, 0.1) is 20.1 Å². The first-order chi connectivity index (χ1) is 12.7. The van der Waals surface area contributed by atoms with Crippen LogP contribution in [0.3, 0.4) is 0 Å². The SMILES string of the molecule is COc1ccc(OCCC(=O)N2CCC(Cc3ccccc3)CC2)cc1. The standard InChI is InChI=1S/C22H27NO3/c1-25-20-7-9-21(10-8-20)26-16-13-22(24)23-14-11-19(12-15-23)17-18-5-3-2-4-6-18/h2-10,19H,11-17H2,1H3. The molecule has 4 heteroatoms. The van der Waals surface area contributed by atoms with E-state index in [1.807, 2.05) is 29.2 Å². The Labute approximate surface area is 155 Å². The van der Waals surface area contributed by atoms with Crippen molar-refractivity contribution in [3.63, 3.8) is 0 Å². The van der Waals surface area contributed by atoms with E-state index in [4.69, 9.17) is 9.47 Å². The van der Waals surface area contributed by atoms with E-state index in [9.17, 15) is 4.79 Å². The minimum absolute atomic E-state index is 0.191. The fourth-order valence-corrected chi connectivity index (χ4v) is 3.42. The molecule has 1 saturated heterocycles. The highest BCUT2D eigenvalue weighted by atomic mass is 16.5. The van der Waals surface area contributed by atoms with Crippen LogP contribution in [0.1, 0.15) is 24.8 Å². The van der Waals surface area contributed by atoms with Crippen LogP contribution in [0.4, 0.5) is 0 Å². The third kappa shape index (κ3) is 5.25. The lowest BCUT2D eigenvalue weighted by Gasteiger charge is -2.32. The van der Waals surface area contributed by atoms with Crippen LogP contribution in [-0.4, -0.2) is 37.6 Å². The number of carbonyl (C=O) groups excluding carboxylic acids is 1. The third-order valence-corrected chi connectivity index (χ3v) is 4.98. The lowest BCUT2D eigenvalue weighted by Crippen LogP contribution is -2.39. The predicted octanol–water partition coefficient (Wildman–Crippen LogP) is 3.95. The molecule has 1 fully saturated rings. The summed E-state index contributed by atoms with van der Waals surface area (Å²) < 4.78 is 10.8. The molecule has 138 valence electrons. The van der Waals surface area contributed by atoms with Crippen LogP contribution in [0, 0.1) is 5.92 Å². The van der Waals surface area contributed by atoms with Crippen molar-refractivity contribution in [3.05, 3.63) is 60.2 Å². The van der Waals surface area contributed by atoms with Gasteiger partial charge in [-0.1, -0.05) is 30.3 Å². The summed E-state index contributed by atoms with van der Waals surface area (Å²) in [6.45, 7) is 2.13. The minimum atomic E-state index is 0.191.